The van der Waals surface area contributed by atoms with Gasteiger partial charge >= 0.3 is 0 Å². The summed E-state index contributed by atoms with van der Waals surface area (Å²) in [5.41, 5.74) is 4.18. The van der Waals surface area contributed by atoms with Crippen LogP contribution in [0.25, 0.3) is 10.9 Å². The average Bonchev–Trinajstić information content (AvgIpc) is 3.25. The van der Waals surface area contributed by atoms with Crippen LogP contribution in [0.2, 0.25) is 0 Å². The Morgan fingerprint density at radius 1 is 1.17 bits per heavy atom. The number of hydrogen-bond donors (Lipinski definition) is 2. The average molecular weight is 322 g/mol. The molecule has 3 nitrogen and oxygen atoms in total. The molecule has 0 aliphatic heterocycles. The molecule has 4 rings (SSSR count). The van der Waals surface area contributed by atoms with Gasteiger partial charge in [0.1, 0.15) is 5.82 Å². The molecule has 1 heterocycles. The van der Waals surface area contributed by atoms with Crippen molar-refractivity contribution < 1.29 is 9.18 Å². The van der Waals surface area contributed by atoms with E-state index in [0.29, 0.717) is 0 Å². The molecular formula is C20H19FN2O. The van der Waals surface area contributed by atoms with Gasteiger partial charge in [0.25, 0.3) is 0 Å². The van der Waals surface area contributed by atoms with Crippen LogP contribution in [0, 0.1) is 19.7 Å². The predicted molar refractivity (Wildman–Crippen MR) is 93.7 cm³/mol. The van der Waals surface area contributed by atoms with Gasteiger partial charge < -0.3 is 10.3 Å². The molecule has 0 bridgehead atoms. The lowest BCUT2D eigenvalue weighted by molar-refractivity contribution is -0.118. The Balaban J connectivity index is 1.71. The summed E-state index contributed by atoms with van der Waals surface area (Å²) < 4.78 is 13.4. The van der Waals surface area contributed by atoms with E-state index in [1.165, 1.54) is 12.1 Å². The monoisotopic (exact) mass is 322 g/mol. The van der Waals surface area contributed by atoms with Gasteiger partial charge in [0, 0.05) is 22.8 Å². The third-order valence-electron chi connectivity index (χ3n) is 5.06. The Morgan fingerprint density at radius 2 is 1.88 bits per heavy atom. The smallest absolute Gasteiger partial charge is 0.235 e. The first-order chi connectivity index (χ1) is 11.5. The number of para-hydroxylation sites is 1. The van der Waals surface area contributed by atoms with Crippen LogP contribution in [0.5, 0.6) is 0 Å². The van der Waals surface area contributed by atoms with Gasteiger partial charge in [-0.05, 0) is 61.6 Å². The molecule has 24 heavy (non-hydrogen) atoms. The number of carbonyl (C=O) groups is 1. The Morgan fingerprint density at radius 3 is 2.54 bits per heavy atom. The number of anilines is 1. The minimum Gasteiger partial charge on any atom is -0.361 e. The summed E-state index contributed by atoms with van der Waals surface area (Å²) in [5, 5.41) is 4.04. The molecule has 0 spiro atoms. The highest BCUT2D eigenvalue weighted by atomic mass is 19.1. The number of fused-ring (bicyclic) bond motifs is 1. The van der Waals surface area contributed by atoms with Crippen LogP contribution in [0.4, 0.5) is 10.1 Å². The number of amides is 1. The standard InChI is InChI=1S/C20H19FN2O/c1-12-4-3-5-13(2)18(12)23-19(24)20(8-9-20)16-11-22-17-10-14(21)6-7-15(16)17/h3-7,10-11,22H,8-9H2,1-2H3,(H,23,24). The molecule has 2 aromatic carbocycles. The van der Waals surface area contributed by atoms with E-state index in [2.05, 4.69) is 10.3 Å². The highest BCUT2D eigenvalue weighted by molar-refractivity contribution is 6.05. The molecule has 0 saturated heterocycles. The van der Waals surface area contributed by atoms with Crippen molar-refractivity contribution in [2.24, 2.45) is 0 Å². The lowest BCUT2D eigenvalue weighted by Crippen LogP contribution is -2.28. The van der Waals surface area contributed by atoms with Gasteiger partial charge in [-0.15, -0.1) is 0 Å². The molecule has 1 saturated carbocycles. The van der Waals surface area contributed by atoms with Crippen LogP contribution in [0.15, 0.2) is 42.6 Å². The van der Waals surface area contributed by atoms with E-state index in [0.717, 1.165) is 46.1 Å². The molecule has 4 heteroatoms. The van der Waals surface area contributed by atoms with Crippen molar-refractivity contribution >= 4 is 22.5 Å². The Kier molecular flexibility index (Phi) is 3.23. The highest BCUT2D eigenvalue weighted by Crippen LogP contribution is 2.51. The second-order valence-electron chi connectivity index (χ2n) is 6.70. The van der Waals surface area contributed by atoms with Crippen molar-refractivity contribution in [1.29, 1.82) is 0 Å². The second-order valence-corrected chi connectivity index (χ2v) is 6.70. The minimum atomic E-state index is -0.509. The molecule has 1 fully saturated rings. The Bertz CT molecular complexity index is 933. The van der Waals surface area contributed by atoms with Crippen LogP contribution in [0.3, 0.4) is 0 Å². The molecule has 3 aromatic rings. The second kappa shape index (κ2) is 5.20. The number of halogens is 1. The van der Waals surface area contributed by atoms with Gasteiger partial charge in [-0.25, -0.2) is 4.39 Å². The summed E-state index contributed by atoms with van der Waals surface area (Å²) >= 11 is 0. The van der Waals surface area contributed by atoms with Crippen LogP contribution in [-0.2, 0) is 10.2 Å². The summed E-state index contributed by atoms with van der Waals surface area (Å²) in [6.45, 7) is 3.99. The lowest BCUT2D eigenvalue weighted by Gasteiger charge is -2.17. The fourth-order valence-electron chi connectivity index (χ4n) is 3.48. The molecule has 122 valence electrons. The number of aryl methyl sites for hydroxylation is 2. The van der Waals surface area contributed by atoms with Crippen LogP contribution >= 0.6 is 0 Å². The van der Waals surface area contributed by atoms with Crippen molar-refractivity contribution in [3.05, 3.63) is 65.1 Å². The van der Waals surface area contributed by atoms with Gasteiger partial charge in [0.15, 0.2) is 0 Å². The summed E-state index contributed by atoms with van der Waals surface area (Å²) in [6.07, 6.45) is 3.48. The minimum absolute atomic E-state index is 0.0186. The molecule has 2 N–H and O–H groups in total. The van der Waals surface area contributed by atoms with E-state index in [1.807, 2.05) is 38.2 Å². The third kappa shape index (κ3) is 2.21. The largest absolute Gasteiger partial charge is 0.361 e. The summed E-state index contributed by atoms with van der Waals surface area (Å²) in [4.78, 5) is 16.1. The molecule has 1 aliphatic rings. The zero-order valence-electron chi connectivity index (χ0n) is 13.7. The number of nitrogens with one attached hydrogen (secondary N) is 2. The molecule has 0 radical (unpaired) electrons. The zero-order valence-corrected chi connectivity index (χ0v) is 13.7. The van der Waals surface area contributed by atoms with Crippen molar-refractivity contribution in [1.82, 2.24) is 4.98 Å². The Hall–Kier alpha value is -2.62. The molecular weight excluding hydrogens is 303 g/mol. The van der Waals surface area contributed by atoms with Gasteiger partial charge in [0.2, 0.25) is 5.91 Å². The highest BCUT2D eigenvalue weighted by Gasteiger charge is 2.52. The molecule has 1 aromatic heterocycles. The normalized spacial score (nSPS) is 15.5. The maximum Gasteiger partial charge on any atom is 0.235 e. The van der Waals surface area contributed by atoms with Crippen LogP contribution in [0.1, 0.15) is 29.5 Å². The molecule has 1 aliphatic carbocycles. The number of rotatable bonds is 3. The zero-order chi connectivity index (χ0) is 16.9. The van der Waals surface area contributed by atoms with E-state index in [1.54, 1.807) is 6.07 Å². The maximum atomic E-state index is 13.4. The fraction of sp³-hybridized carbons (Fsp3) is 0.250. The van der Waals surface area contributed by atoms with Crippen molar-refractivity contribution in [3.63, 3.8) is 0 Å². The van der Waals surface area contributed by atoms with Crippen LogP contribution < -0.4 is 5.32 Å². The first-order valence-corrected chi connectivity index (χ1v) is 8.16. The molecule has 1 amide bonds. The van der Waals surface area contributed by atoms with Gasteiger partial charge in [-0.3, -0.25) is 4.79 Å². The van der Waals surface area contributed by atoms with Crippen LogP contribution in [-0.4, -0.2) is 10.9 Å². The van der Waals surface area contributed by atoms with Gasteiger partial charge in [-0.2, -0.15) is 0 Å². The summed E-state index contributed by atoms with van der Waals surface area (Å²) in [7, 11) is 0. The van der Waals surface area contributed by atoms with Crippen molar-refractivity contribution in [2.75, 3.05) is 5.32 Å². The fourth-order valence-corrected chi connectivity index (χ4v) is 3.48. The number of benzene rings is 2. The summed E-state index contributed by atoms with van der Waals surface area (Å²) in [5.74, 6) is -0.258. The summed E-state index contributed by atoms with van der Waals surface area (Å²) in [6, 6.07) is 10.6. The number of aromatic nitrogens is 1. The van der Waals surface area contributed by atoms with Gasteiger partial charge in [0.05, 0.1) is 5.41 Å². The first-order valence-electron chi connectivity index (χ1n) is 8.16. The van der Waals surface area contributed by atoms with E-state index < -0.39 is 5.41 Å². The number of H-pyrrole nitrogens is 1. The molecule has 0 unspecified atom stereocenters. The topological polar surface area (TPSA) is 44.9 Å². The quantitative estimate of drug-likeness (QED) is 0.727. The van der Waals surface area contributed by atoms with Gasteiger partial charge in [-0.1, -0.05) is 18.2 Å². The van der Waals surface area contributed by atoms with E-state index in [-0.39, 0.29) is 11.7 Å². The van der Waals surface area contributed by atoms with Crippen molar-refractivity contribution in [3.8, 4) is 0 Å². The third-order valence-corrected chi connectivity index (χ3v) is 5.06. The van der Waals surface area contributed by atoms with Crippen molar-refractivity contribution in [2.45, 2.75) is 32.1 Å². The maximum absolute atomic E-state index is 13.4. The number of hydrogen-bond acceptors (Lipinski definition) is 1. The SMILES string of the molecule is Cc1cccc(C)c1NC(=O)C1(c2c[nH]c3cc(F)ccc23)CC1. The van der Waals surface area contributed by atoms with E-state index in [4.69, 9.17) is 0 Å². The van der Waals surface area contributed by atoms with E-state index >= 15 is 0 Å². The van der Waals surface area contributed by atoms with E-state index in [9.17, 15) is 9.18 Å². The number of aromatic amines is 1. The number of carbonyl (C=O) groups excluding carboxylic acids is 1. The lowest BCUT2D eigenvalue weighted by atomic mass is 9.94. The molecule has 0 atom stereocenters. The predicted octanol–water partition coefficient (Wildman–Crippen LogP) is 4.59. The first kappa shape index (κ1) is 14.9. The Labute approximate surface area is 139 Å².